The van der Waals surface area contributed by atoms with Crippen molar-refractivity contribution < 1.29 is 0 Å². The fourth-order valence-corrected chi connectivity index (χ4v) is 13.1. The fraction of sp³-hybridized carbons (Fsp3) is 0.222. The molecule has 7 aromatic carbocycles. The molecule has 57 heavy (non-hydrogen) atoms. The second kappa shape index (κ2) is 11.9. The van der Waals surface area contributed by atoms with Crippen LogP contribution >= 0.6 is 0 Å². The molecule has 0 aromatic heterocycles. The van der Waals surface area contributed by atoms with Crippen LogP contribution in [0.1, 0.15) is 86.5 Å². The van der Waals surface area contributed by atoms with Crippen LogP contribution in [0.25, 0.3) is 22.3 Å². The molecule has 0 amide bonds. The number of para-hydroxylation sites is 2. The zero-order chi connectivity index (χ0) is 37.3. The van der Waals surface area contributed by atoms with Crippen LogP contribution in [0.5, 0.6) is 0 Å². The molecule has 7 aromatic rings. The summed E-state index contributed by atoms with van der Waals surface area (Å²) >= 11 is 0. The first-order chi connectivity index (χ1) is 28.3. The Morgan fingerprint density at radius 1 is 0.368 bits per heavy atom. The Kier molecular flexibility index (Phi) is 6.73. The largest absolute Gasteiger partial charge is 0.311 e. The van der Waals surface area contributed by atoms with Crippen molar-refractivity contribution in [2.24, 2.45) is 0 Å². The second-order valence-electron chi connectivity index (χ2n) is 17.7. The summed E-state index contributed by atoms with van der Waals surface area (Å²) in [6.45, 7) is 0.0953. The average Bonchev–Trinajstić information content (AvgIpc) is 3.70. The van der Waals surface area contributed by atoms with Crippen LogP contribution in [0.3, 0.4) is 0 Å². The molecule has 2 fully saturated rings. The number of fused-ring (bicyclic) bond motifs is 15. The summed E-state index contributed by atoms with van der Waals surface area (Å²) in [6, 6.07) is 58.8. The summed E-state index contributed by atoms with van der Waals surface area (Å²) in [5, 5.41) is 0. The summed E-state index contributed by atoms with van der Waals surface area (Å²) in [5.74, 6) is 0. The van der Waals surface area contributed by atoms with Crippen LogP contribution in [0.4, 0.5) is 34.1 Å². The van der Waals surface area contributed by atoms with E-state index in [0.717, 1.165) is 0 Å². The molecule has 2 heterocycles. The molecule has 6 aliphatic rings. The maximum atomic E-state index is 2.75. The van der Waals surface area contributed by atoms with Crippen LogP contribution in [0.2, 0.25) is 0 Å². The predicted molar refractivity (Wildman–Crippen MR) is 239 cm³/mol. The van der Waals surface area contributed by atoms with Gasteiger partial charge in [-0.25, -0.2) is 0 Å². The Hall–Kier alpha value is -5.80. The van der Waals surface area contributed by atoms with Crippen molar-refractivity contribution in [3.63, 3.8) is 0 Å². The molecule has 0 N–H and O–H groups in total. The lowest BCUT2D eigenvalue weighted by Gasteiger charge is -2.46. The van der Waals surface area contributed by atoms with E-state index in [9.17, 15) is 0 Å². The third kappa shape index (κ3) is 4.12. The van der Waals surface area contributed by atoms with E-state index in [4.69, 9.17) is 0 Å². The number of rotatable bonds is 2. The predicted octanol–water partition coefficient (Wildman–Crippen LogP) is 12.2. The van der Waals surface area contributed by atoms with Gasteiger partial charge in [0.1, 0.15) is 0 Å². The van der Waals surface area contributed by atoms with E-state index in [-0.39, 0.29) is 17.5 Å². The van der Waals surface area contributed by atoms with Crippen molar-refractivity contribution >= 4 is 57.2 Å². The Balaban J connectivity index is 1.16. The molecule has 2 saturated carbocycles. The van der Waals surface area contributed by atoms with E-state index >= 15 is 0 Å². The Morgan fingerprint density at radius 2 is 0.930 bits per heavy atom. The van der Waals surface area contributed by atoms with Gasteiger partial charge in [0.25, 0.3) is 6.71 Å². The van der Waals surface area contributed by atoms with Crippen LogP contribution in [0, 0.1) is 0 Å². The third-order valence-corrected chi connectivity index (χ3v) is 15.2. The highest BCUT2D eigenvalue weighted by Gasteiger charge is 2.52. The molecule has 274 valence electrons. The molecule has 0 bridgehead atoms. The molecule has 0 radical (unpaired) electrons. The van der Waals surface area contributed by atoms with Crippen LogP contribution < -0.4 is 26.2 Å². The SMILES string of the molecule is c1ccc(N2c3ccccc3B3c4c2cccc4N(c2cccc4c2C2(CCCCC2)c2ccccc2-4)c2ccc4c(c23)-c2ccccc2C42CCCCC2)cc1. The summed E-state index contributed by atoms with van der Waals surface area (Å²) in [5.41, 5.74) is 24.3. The zero-order valence-electron chi connectivity index (χ0n) is 32.5. The van der Waals surface area contributed by atoms with Crippen molar-refractivity contribution in [2.45, 2.75) is 75.0 Å². The minimum atomic E-state index is 0.0186. The second-order valence-corrected chi connectivity index (χ2v) is 17.7. The van der Waals surface area contributed by atoms with Crippen LogP contribution in [0.15, 0.2) is 152 Å². The van der Waals surface area contributed by atoms with Crippen molar-refractivity contribution in [1.82, 2.24) is 0 Å². The third-order valence-electron chi connectivity index (χ3n) is 15.2. The first kappa shape index (κ1) is 32.3. The van der Waals surface area contributed by atoms with E-state index in [1.54, 1.807) is 22.3 Å². The maximum Gasteiger partial charge on any atom is 0.252 e. The summed E-state index contributed by atoms with van der Waals surface area (Å²) in [7, 11) is 0. The lowest BCUT2D eigenvalue weighted by atomic mass is 9.32. The van der Waals surface area contributed by atoms with E-state index < -0.39 is 0 Å². The number of hydrogen-bond acceptors (Lipinski definition) is 2. The average molecular weight is 733 g/mol. The monoisotopic (exact) mass is 732 g/mol. The van der Waals surface area contributed by atoms with Crippen LogP contribution in [-0.4, -0.2) is 6.71 Å². The number of hydrogen-bond donors (Lipinski definition) is 0. The Labute approximate surface area is 336 Å². The highest BCUT2D eigenvalue weighted by Crippen LogP contribution is 2.61. The van der Waals surface area contributed by atoms with E-state index in [1.807, 2.05) is 0 Å². The minimum Gasteiger partial charge on any atom is -0.311 e. The molecule has 4 aliphatic carbocycles. The maximum absolute atomic E-state index is 2.75. The van der Waals surface area contributed by atoms with E-state index in [1.165, 1.54) is 137 Å². The normalized spacial score (nSPS) is 18.4. The van der Waals surface area contributed by atoms with Gasteiger partial charge in [-0.15, -0.1) is 0 Å². The number of benzene rings is 7. The van der Waals surface area contributed by atoms with Gasteiger partial charge < -0.3 is 9.80 Å². The van der Waals surface area contributed by atoms with Gasteiger partial charge in [0, 0.05) is 39.3 Å². The zero-order valence-corrected chi connectivity index (χ0v) is 32.5. The van der Waals surface area contributed by atoms with Gasteiger partial charge in [-0.1, -0.05) is 148 Å². The smallest absolute Gasteiger partial charge is 0.252 e. The minimum absolute atomic E-state index is 0.0186. The van der Waals surface area contributed by atoms with Gasteiger partial charge in [-0.05, 0) is 129 Å². The van der Waals surface area contributed by atoms with E-state index in [2.05, 4.69) is 161 Å². The molecule has 3 heteroatoms. The summed E-state index contributed by atoms with van der Waals surface area (Å²) < 4.78 is 0. The molecular weight excluding hydrogens is 687 g/mol. The van der Waals surface area contributed by atoms with E-state index in [0.29, 0.717) is 0 Å². The van der Waals surface area contributed by atoms with Crippen molar-refractivity contribution in [3.05, 3.63) is 174 Å². The molecule has 2 aliphatic heterocycles. The topological polar surface area (TPSA) is 6.48 Å². The Morgan fingerprint density at radius 3 is 1.72 bits per heavy atom. The number of anilines is 6. The van der Waals surface area contributed by atoms with Crippen molar-refractivity contribution in [3.8, 4) is 22.3 Å². The highest BCUT2D eigenvalue weighted by atomic mass is 15.2. The van der Waals surface area contributed by atoms with Crippen molar-refractivity contribution in [1.29, 1.82) is 0 Å². The summed E-state index contributed by atoms with van der Waals surface area (Å²) in [4.78, 5) is 5.29. The standard InChI is InChI=1S/C54H45BN2/c1-4-18-36(19-5-1)56-44-26-11-10-25-43(44)55-51-46(56)28-17-29-47(51)57(45-27-16-22-38-37-20-6-8-23-40(37)54(50(38)45)34-14-3-15-35-54)48-31-30-42-49(52(48)55)39-21-7-9-24-41(39)53(42)32-12-2-13-33-53/h1,4-11,16-31H,2-3,12-15,32-35H2. The molecule has 0 unspecified atom stereocenters. The molecule has 13 rings (SSSR count). The van der Waals surface area contributed by atoms with Gasteiger partial charge in [0.15, 0.2) is 0 Å². The summed E-state index contributed by atoms with van der Waals surface area (Å²) in [6.07, 6.45) is 12.7. The molecular formula is C54H45BN2. The van der Waals surface area contributed by atoms with Gasteiger partial charge in [0.2, 0.25) is 0 Å². The Bertz CT molecular complexity index is 2790. The van der Waals surface area contributed by atoms with Crippen molar-refractivity contribution in [2.75, 3.05) is 9.80 Å². The fourth-order valence-electron chi connectivity index (χ4n) is 13.1. The lowest BCUT2D eigenvalue weighted by molar-refractivity contribution is 0.353. The highest BCUT2D eigenvalue weighted by molar-refractivity contribution is 7.01. The molecule has 2 nitrogen and oxygen atoms in total. The lowest BCUT2D eigenvalue weighted by Crippen LogP contribution is -2.62. The van der Waals surface area contributed by atoms with Gasteiger partial charge in [-0.3, -0.25) is 0 Å². The quantitative estimate of drug-likeness (QED) is 0.163. The first-order valence-corrected chi connectivity index (χ1v) is 21.7. The molecule has 2 spiro atoms. The first-order valence-electron chi connectivity index (χ1n) is 21.7. The molecule has 0 saturated heterocycles. The van der Waals surface area contributed by atoms with Gasteiger partial charge >= 0.3 is 0 Å². The van der Waals surface area contributed by atoms with Gasteiger partial charge in [-0.2, -0.15) is 0 Å². The number of nitrogens with zero attached hydrogens (tertiary/aromatic N) is 2. The van der Waals surface area contributed by atoms with Crippen LogP contribution in [-0.2, 0) is 10.8 Å². The molecule has 0 atom stereocenters. The van der Waals surface area contributed by atoms with Gasteiger partial charge in [0.05, 0.1) is 5.69 Å².